The molecule has 3 rings (SSSR count). The van der Waals surface area contributed by atoms with E-state index >= 15 is 0 Å². The summed E-state index contributed by atoms with van der Waals surface area (Å²) in [4.78, 5) is 27.1. The summed E-state index contributed by atoms with van der Waals surface area (Å²) >= 11 is 8.42. The lowest BCUT2D eigenvalue weighted by atomic mass is 10.2. The molecule has 0 atom stereocenters. The average Bonchev–Trinajstić information content (AvgIpc) is 2.95. The van der Waals surface area contributed by atoms with Gasteiger partial charge in [-0.15, -0.1) is 11.3 Å². The van der Waals surface area contributed by atoms with E-state index in [0.717, 1.165) is 27.1 Å². The molecular weight excluding hydrogens is 326 g/mol. The number of hydrogen-bond donors (Lipinski definition) is 0. The molecular formula is C15H10ClNO2S2. The minimum absolute atomic E-state index is 0.303. The molecule has 2 amide bonds. The van der Waals surface area contributed by atoms with Gasteiger partial charge in [0.05, 0.1) is 10.6 Å². The van der Waals surface area contributed by atoms with Gasteiger partial charge in [-0.3, -0.25) is 9.59 Å². The van der Waals surface area contributed by atoms with Crippen LogP contribution in [-0.2, 0) is 4.79 Å². The van der Waals surface area contributed by atoms with Gasteiger partial charge in [-0.1, -0.05) is 17.7 Å². The van der Waals surface area contributed by atoms with Crippen molar-refractivity contribution in [2.75, 3.05) is 4.90 Å². The quantitative estimate of drug-likeness (QED) is 0.728. The zero-order chi connectivity index (χ0) is 15.0. The van der Waals surface area contributed by atoms with Crippen molar-refractivity contribution in [3.63, 3.8) is 0 Å². The predicted octanol–water partition coefficient (Wildman–Crippen LogP) is 4.95. The van der Waals surface area contributed by atoms with Gasteiger partial charge in [0.25, 0.3) is 11.1 Å². The van der Waals surface area contributed by atoms with Gasteiger partial charge >= 0.3 is 0 Å². The van der Waals surface area contributed by atoms with E-state index in [1.54, 1.807) is 41.7 Å². The highest BCUT2D eigenvalue weighted by Crippen LogP contribution is 2.37. The van der Waals surface area contributed by atoms with Crippen LogP contribution in [0.25, 0.3) is 6.08 Å². The molecule has 0 unspecified atom stereocenters. The first-order chi connectivity index (χ1) is 10.1. The summed E-state index contributed by atoms with van der Waals surface area (Å²) in [5.41, 5.74) is 1.59. The Hall–Kier alpha value is -1.56. The molecule has 2 aromatic rings. The molecule has 0 radical (unpaired) electrons. The second-order valence-electron chi connectivity index (χ2n) is 4.46. The lowest BCUT2D eigenvalue weighted by molar-refractivity contribution is -0.113. The van der Waals surface area contributed by atoms with Crippen LogP contribution in [0.3, 0.4) is 0 Å². The highest BCUT2D eigenvalue weighted by molar-refractivity contribution is 8.19. The van der Waals surface area contributed by atoms with Gasteiger partial charge in [-0.2, -0.15) is 0 Å². The fraction of sp³-hybridized carbons (Fsp3) is 0.0667. The van der Waals surface area contributed by atoms with Gasteiger partial charge in [0.1, 0.15) is 0 Å². The molecule has 2 heterocycles. The molecule has 106 valence electrons. The molecule has 0 bridgehead atoms. The lowest BCUT2D eigenvalue weighted by Crippen LogP contribution is -2.27. The molecule has 0 spiro atoms. The molecule has 1 aromatic heterocycles. The number of benzene rings is 1. The van der Waals surface area contributed by atoms with E-state index < -0.39 is 0 Å². The van der Waals surface area contributed by atoms with Crippen molar-refractivity contribution in [2.24, 2.45) is 0 Å². The third kappa shape index (κ3) is 2.77. The number of anilines is 1. The fourth-order valence-electron chi connectivity index (χ4n) is 1.96. The summed E-state index contributed by atoms with van der Waals surface area (Å²) in [6, 6.07) is 8.71. The van der Waals surface area contributed by atoms with Gasteiger partial charge in [0, 0.05) is 9.90 Å². The number of carbonyl (C=O) groups is 2. The summed E-state index contributed by atoms with van der Waals surface area (Å²) in [5.74, 6) is -0.305. The van der Waals surface area contributed by atoms with Crippen molar-refractivity contribution in [1.29, 1.82) is 0 Å². The summed E-state index contributed by atoms with van der Waals surface area (Å²) in [7, 11) is 0. The van der Waals surface area contributed by atoms with Gasteiger partial charge < -0.3 is 0 Å². The summed E-state index contributed by atoms with van der Waals surface area (Å²) in [5, 5.41) is 2.15. The highest BCUT2D eigenvalue weighted by atomic mass is 35.5. The standard InChI is InChI=1S/C15H10ClNO2S2/c1-9-5-6-20-12(9)8-13-14(18)17(15(19)21-13)11-4-2-3-10(16)7-11/h2-8H,1H3/b13-8-. The third-order valence-corrected chi connectivity index (χ3v) is 5.09. The SMILES string of the molecule is Cc1ccsc1/C=C1\SC(=O)N(c2cccc(Cl)c2)C1=O. The third-order valence-electron chi connectivity index (χ3n) is 3.02. The number of amides is 2. The van der Waals surface area contributed by atoms with E-state index in [0.29, 0.717) is 15.6 Å². The maximum Gasteiger partial charge on any atom is 0.298 e. The number of nitrogens with zero attached hydrogens (tertiary/aromatic N) is 1. The maximum atomic E-state index is 12.4. The Morgan fingerprint density at radius 3 is 2.71 bits per heavy atom. The van der Waals surface area contributed by atoms with E-state index in [2.05, 4.69) is 0 Å². The molecule has 0 N–H and O–H groups in total. The predicted molar refractivity (Wildman–Crippen MR) is 89.0 cm³/mol. The number of carbonyl (C=O) groups excluding carboxylic acids is 2. The number of hydrogen-bond acceptors (Lipinski definition) is 4. The van der Waals surface area contributed by atoms with Gasteiger partial charge in [-0.25, -0.2) is 4.90 Å². The van der Waals surface area contributed by atoms with Crippen LogP contribution in [0, 0.1) is 6.92 Å². The second-order valence-corrected chi connectivity index (χ2v) is 6.84. The van der Waals surface area contributed by atoms with E-state index in [4.69, 9.17) is 11.6 Å². The molecule has 1 aliphatic rings. The van der Waals surface area contributed by atoms with Crippen molar-refractivity contribution in [1.82, 2.24) is 0 Å². The van der Waals surface area contributed by atoms with Crippen LogP contribution in [0.1, 0.15) is 10.4 Å². The van der Waals surface area contributed by atoms with E-state index in [9.17, 15) is 9.59 Å². The first kappa shape index (κ1) is 14.4. The fourth-order valence-corrected chi connectivity index (χ4v) is 3.90. The van der Waals surface area contributed by atoms with E-state index in [-0.39, 0.29) is 11.1 Å². The molecule has 1 fully saturated rings. The van der Waals surface area contributed by atoms with E-state index in [1.165, 1.54) is 0 Å². The number of aryl methyl sites for hydroxylation is 1. The van der Waals surface area contributed by atoms with Crippen molar-refractivity contribution in [3.05, 3.63) is 56.1 Å². The van der Waals surface area contributed by atoms with Crippen LogP contribution in [0.5, 0.6) is 0 Å². The average molecular weight is 336 g/mol. The molecule has 1 saturated heterocycles. The van der Waals surface area contributed by atoms with Gasteiger partial charge in [0.15, 0.2) is 0 Å². The van der Waals surface area contributed by atoms with Crippen LogP contribution in [0.15, 0.2) is 40.6 Å². The number of rotatable bonds is 2. The highest BCUT2D eigenvalue weighted by Gasteiger charge is 2.36. The summed E-state index contributed by atoms with van der Waals surface area (Å²) in [6.45, 7) is 1.98. The minimum atomic E-state index is -0.305. The topological polar surface area (TPSA) is 37.4 Å². The van der Waals surface area contributed by atoms with Crippen LogP contribution >= 0.6 is 34.7 Å². The Morgan fingerprint density at radius 1 is 1.24 bits per heavy atom. The Bertz CT molecular complexity index is 767. The van der Waals surface area contributed by atoms with Crippen LogP contribution < -0.4 is 4.90 Å². The Morgan fingerprint density at radius 2 is 2.05 bits per heavy atom. The van der Waals surface area contributed by atoms with Crippen molar-refractivity contribution < 1.29 is 9.59 Å². The zero-order valence-corrected chi connectivity index (χ0v) is 13.4. The van der Waals surface area contributed by atoms with Crippen LogP contribution in [0.2, 0.25) is 5.02 Å². The molecule has 3 nitrogen and oxygen atoms in total. The Labute approximate surface area is 135 Å². The zero-order valence-electron chi connectivity index (χ0n) is 11.0. The van der Waals surface area contributed by atoms with Gasteiger partial charge in [-0.05, 0) is 60.0 Å². The summed E-state index contributed by atoms with van der Waals surface area (Å²) in [6.07, 6.45) is 1.77. The maximum absolute atomic E-state index is 12.4. The Kier molecular flexibility index (Phi) is 3.89. The van der Waals surface area contributed by atoms with Crippen LogP contribution in [-0.4, -0.2) is 11.1 Å². The summed E-state index contributed by atoms with van der Waals surface area (Å²) < 4.78 is 0. The van der Waals surface area contributed by atoms with Crippen molar-refractivity contribution in [3.8, 4) is 0 Å². The van der Waals surface area contributed by atoms with Crippen LogP contribution in [0.4, 0.5) is 10.5 Å². The number of thiophene rings is 1. The monoisotopic (exact) mass is 335 g/mol. The first-order valence-electron chi connectivity index (χ1n) is 6.14. The van der Waals surface area contributed by atoms with Gasteiger partial charge in [0.2, 0.25) is 0 Å². The number of thioether (sulfide) groups is 1. The Balaban J connectivity index is 1.96. The number of imide groups is 1. The smallest absolute Gasteiger partial charge is 0.268 e. The molecule has 6 heteroatoms. The molecule has 0 aliphatic carbocycles. The van der Waals surface area contributed by atoms with Crippen molar-refractivity contribution in [2.45, 2.75) is 6.92 Å². The van der Waals surface area contributed by atoms with E-state index in [1.807, 2.05) is 18.4 Å². The molecule has 21 heavy (non-hydrogen) atoms. The largest absolute Gasteiger partial charge is 0.298 e. The number of halogens is 1. The molecule has 1 aliphatic heterocycles. The molecule has 0 saturated carbocycles. The first-order valence-corrected chi connectivity index (χ1v) is 8.21. The minimum Gasteiger partial charge on any atom is -0.268 e. The molecule has 1 aromatic carbocycles. The van der Waals surface area contributed by atoms with Crippen molar-refractivity contribution >= 4 is 57.6 Å². The second kappa shape index (κ2) is 5.67. The normalized spacial score (nSPS) is 17.0. The lowest BCUT2D eigenvalue weighted by Gasteiger charge is -2.12.